The summed E-state index contributed by atoms with van der Waals surface area (Å²) in [5.41, 5.74) is 0.954. The minimum atomic E-state index is -0.351. The lowest BCUT2D eigenvalue weighted by Crippen LogP contribution is -2.39. The van der Waals surface area contributed by atoms with Gasteiger partial charge in [0.2, 0.25) is 5.82 Å². The molecule has 22 heavy (non-hydrogen) atoms. The summed E-state index contributed by atoms with van der Waals surface area (Å²) in [6.45, 7) is 1.20. The van der Waals surface area contributed by atoms with Crippen LogP contribution in [0.15, 0.2) is 30.6 Å². The van der Waals surface area contributed by atoms with Crippen LogP contribution in [-0.4, -0.2) is 51.6 Å². The Morgan fingerprint density at radius 1 is 1.41 bits per heavy atom. The van der Waals surface area contributed by atoms with Crippen LogP contribution in [0.4, 0.5) is 0 Å². The van der Waals surface area contributed by atoms with E-state index in [1.165, 1.54) is 6.33 Å². The molecule has 0 aliphatic carbocycles. The van der Waals surface area contributed by atoms with Gasteiger partial charge in [0.25, 0.3) is 11.8 Å². The van der Waals surface area contributed by atoms with Gasteiger partial charge >= 0.3 is 0 Å². The van der Waals surface area contributed by atoms with Gasteiger partial charge in [-0.3, -0.25) is 14.7 Å². The zero-order chi connectivity index (χ0) is 15.4. The Bertz CT molecular complexity index is 671. The Balaban J connectivity index is 1.57. The predicted octanol–water partition coefficient (Wildman–Crippen LogP) is -0.0443. The summed E-state index contributed by atoms with van der Waals surface area (Å²) in [5, 5.41) is 8.79. The van der Waals surface area contributed by atoms with Crippen molar-refractivity contribution in [3.8, 4) is 5.75 Å². The first-order valence-corrected chi connectivity index (χ1v) is 6.86. The number of nitrogens with one attached hydrogen (secondary N) is 2. The molecule has 0 atom stereocenters. The summed E-state index contributed by atoms with van der Waals surface area (Å²) in [4.78, 5) is 29.2. The second-order valence-corrected chi connectivity index (χ2v) is 4.80. The highest BCUT2D eigenvalue weighted by atomic mass is 16.5. The number of fused-ring (bicyclic) bond motifs is 1. The monoisotopic (exact) mass is 301 g/mol. The van der Waals surface area contributed by atoms with E-state index in [0.29, 0.717) is 19.6 Å². The van der Waals surface area contributed by atoms with E-state index in [1.54, 1.807) is 4.90 Å². The molecule has 2 N–H and O–H groups in total. The first-order valence-electron chi connectivity index (χ1n) is 6.86. The van der Waals surface area contributed by atoms with Crippen LogP contribution in [0.1, 0.15) is 16.2 Å². The van der Waals surface area contributed by atoms with Crippen molar-refractivity contribution in [3.63, 3.8) is 0 Å². The van der Waals surface area contributed by atoms with Gasteiger partial charge in [-0.05, 0) is 6.07 Å². The first kappa shape index (κ1) is 14.1. The molecule has 2 aromatic rings. The highest BCUT2D eigenvalue weighted by Crippen LogP contribution is 2.22. The van der Waals surface area contributed by atoms with Crippen molar-refractivity contribution in [3.05, 3.63) is 42.0 Å². The minimum absolute atomic E-state index is 0.00701. The number of carbonyl (C=O) groups excluding carboxylic acids is 2. The van der Waals surface area contributed by atoms with Crippen molar-refractivity contribution in [2.45, 2.75) is 6.54 Å². The van der Waals surface area contributed by atoms with E-state index in [0.717, 1.165) is 11.3 Å². The summed E-state index contributed by atoms with van der Waals surface area (Å²) in [5.74, 6) is 0.418. The summed E-state index contributed by atoms with van der Waals surface area (Å²) >= 11 is 0. The molecule has 3 rings (SSSR count). The molecule has 0 unspecified atom stereocenters. The number of H-pyrrole nitrogens is 1. The van der Waals surface area contributed by atoms with Crippen LogP contribution in [0, 0.1) is 0 Å². The number of amides is 2. The van der Waals surface area contributed by atoms with Crippen LogP contribution in [0.2, 0.25) is 0 Å². The first-order chi connectivity index (χ1) is 10.7. The minimum Gasteiger partial charge on any atom is -0.483 e. The van der Waals surface area contributed by atoms with E-state index in [2.05, 4.69) is 20.5 Å². The molecule has 2 amide bonds. The number of ether oxygens (including phenoxy) is 1. The third-order valence-electron chi connectivity index (χ3n) is 3.34. The second kappa shape index (κ2) is 6.25. The van der Waals surface area contributed by atoms with Crippen LogP contribution in [0.3, 0.4) is 0 Å². The molecular formula is C14H15N5O3. The third kappa shape index (κ3) is 3.05. The van der Waals surface area contributed by atoms with Gasteiger partial charge in [-0.25, -0.2) is 4.98 Å². The fraction of sp³-hybridized carbons (Fsp3) is 0.286. The molecule has 1 aliphatic heterocycles. The lowest BCUT2D eigenvalue weighted by molar-refractivity contribution is -0.133. The number of rotatable bonds is 4. The van der Waals surface area contributed by atoms with Crippen LogP contribution in [0.5, 0.6) is 5.75 Å². The quantitative estimate of drug-likeness (QED) is 0.825. The Labute approximate surface area is 126 Å². The van der Waals surface area contributed by atoms with E-state index < -0.39 is 0 Å². The maximum absolute atomic E-state index is 12.0. The molecular weight excluding hydrogens is 286 g/mol. The van der Waals surface area contributed by atoms with E-state index in [4.69, 9.17) is 4.74 Å². The fourth-order valence-corrected chi connectivity index (χ4v) is 2.21. The largest absolute Gasteiger partial charge is 0.483 e. The molecule has 114 valence electrons. The number of carbonyl (C=O) groups is 2. The molecule has 0 saturated carbocycles. The molecule has 1 aromatic carbocycles. The second-order valence-electron chi connectivity index (χ2n) is 4.80. The van der Waals surface area contributed by atoms with Gasteiger partial charge in [-0.15, -0.1) is 0 Å². The Hall–Kier alpha value is -2.90. The van der Waals surface area contributed by atoms with Crippen molar-refractivity contribution in [2.24, 2.45) is 0 Å². The number of benzene rings is 1. The summed E-state index contributed by atoms with van der Waals surface area (Å²) < 4.78 is 5.48. The van der Waals surface area contributed by atoms with Crippen molar-refractivity contribution in [1.29, 1.82) is 0 Å². The summed E-state index contributed by atoms with van der Waals surface area (Å²) in [6, 6.07) is 7.55. The molecule has 0 saturated heterocycles. The zero-order valence-electron chi connectivity index (χ0n) is 11.8. The molecule has 8 heteroatoms. The van der Waals surface area contributed by atoms with Crippen molar-refractivity contribution < 1.29 is 14.3 Å². The third-order valence-corrected chi connectivity index (χ3v) is 3.34. The maximum atomic E-state index is 12.0. The molecule has 1 aliphatic rings. The van der Waals surface area contributed by atoms with E-state index in [-0.39, 0.29) is 24.2 Å². The number of hydrogen-bond donors (Lipinski definition) is 2. The van der Waals surface area contributed by atoms with Crippen LogP contribution in [0.25, 0.3) is 0 Å². The Kier molecular flexibility index (Phi) is 3.99. The maximum Gasteiger partial charge on any atom is 0.288 e. The van der Waals surface area contributed by atoms with Crippen LogP contribution in [-0.2, 0) is 11.3 Å². The molecule has 8 nitrogen and oxygen atoms in total. The van der Waals surface area contributed by atoms with Crippen molar-refractivity contribution >= 4 is 11.8 Å². The Morgan fingerprint density at radius 3 is 3.09 bits per heavy atom. The van der Waals surface area contributed by atoms with Gasteiger partial charge in [0.1, 0.15) is 12.1 Å². The van der Waals surface area contributed by atoms with Gasteiger partial charge < -0.3 is 15.0 Å². The molecule has 0 radical (unpaired) electrons. The Morgan fingerprint density at radius 2 is 2.27 bits per heavy atom. The highest BCUT2D eigenvalue weighted by Gasteiger charge is 2.21. The summed E-state index contributed by atoms with van der Waals surface area (Å²) in [7, 11) is 0. The molecule has 0 fully saturated rings. The van der Waals surface area contributed by atoms with Crippen molar-refractivity contribution in [1.82, 2.24) is 25.4 Å². The number of para-hydroxylation sites is 1. The molecule has 1 aromatic heterocycles. The van der Waals surface area contributed by atoms with Gasteiger partial charge in [-0.2, -0.15) is 5.10 Å². The van der Waals surface area contributed by atoms with Crippen molar-refractivity contribution in [2.75, 3.05) is 19.7 Å². The van der Waals surface area contributed by atoms with E-state index in [9.17, 15) is 9.59 Å². The average molecular weight is 301 g/mol. The number of aromatic nitrogens is 3. The lowest BCUT2D eigenvalue weighted by Gasteiger charge is -2.19. The van der Waals surface area contributed by atoms with Gasteiger partial charge in [0.05, 0.1) is 0 Å². The fourth-order valence-electron chi connectivity index (χ4n) is 2.21. The molecule has 0 bridgehead atoms. The zero-order valence-corrected chi connectivity index (χ0v) is 11.8. The average Bonchev–Trinajstić information content (AvgIpc) is 3.02. The number of hydrogen-bond acceptors (Lipinski definition) is 5. The SMILES string of the molecule is O=C(NCCN1Cc2ccccc2OCC1=O)c1ncn[nH]1. The molecule has 0 spiro atoms. The van der Waals surface area contributed by atoms with E-state index >= 15 is 0 Å². The summed E-state index contributed by atoms with van der Waals surface area (Å²) in [6.07, 6.45) is 1.27. The van der Waals surface area contributed by atoms with Crippen LogP contribution < -0.4 is 10.1 Å². The predicted molar refractivity (Wildman–Crippen MR) is 76.1 cm³/mol. The highest BCUT2D eigenvalue weighted by molar-refractivity contribution is 5.90. The van der Waals surface area contributed by atoms with Gasteiger partial charge in [-0.1, -0.05) is 18.2 Å². The smallest absolute Gasteiger partial charge is 0.288 e. The topological polar surface area (TPSA) is 100 Å². The van der Waals surface area contributed by atoms with Crippen LogP contribution >= 0.6 is 0 Å². The normalized spacial score (nSPS) is 14.0. The standard InChI is InChI=1S/C14H15N5O3/c20-12-8-22-11-4-2-1-3-10(11)7-19(12)6-5-15-14(21)13-16-9-17-18-13/h1-4,9H,5-8H2,(H,15,21)(H,16,17,18). The van der Waals surface area contributed by atoms with E-state index in [1.807, 2.05) is 24.3 Å². The van der Waals surface area contributed by atoms with Gasteiger partial charge in [0.15, 0.2) is 6.61 Å². The lowest BCUT2D eigenvalue weighted by atomic mass is 10.2. The van der Waals surface area contributed by atoms with Gasteiger partial charge in [0, 0.05) is 25.2 Å². The molecule has 2 heterocycles. The number of nitrogens with zero attached hydrogens (tertiary/aromatic N) is 3. The number of aromatic amines is 1.